The van der Waals surface area contributed by atoms with Gasteiger partial charge in [0, 0.05) is 5.29 Å². The van der Waals surface area contributed by atoms with Gasteiger partial charge in [0.15, 0.2) is 0 Å². The first-order chi connectivity index (χ1) is 13.8. The molecule has 0 aromatic heterocycles. The normalized spacial score (nSPS) is 22.8. The van der Waals surface area contributed by atoms with Gasteiger partial charge in [-0.15, -0.1) is 0 Å². The Morgan fingerprint density at radius 1 is 1.07 bits per heavy atom. The molecule has 0 aromatic rings. The zero-order valence-corrected chi connectivity index (χ0v) is 22.8. The fourth-order valence-corrected chi connectivity index (χ4v) is 18.8. The van der Waals surface area contributed by atoms with Gasteiger partial charge in [0.1, 0.15) is 6.04 Å². The molecule has 1 N–H and O–H groups in total. The summed E-state index contributed by atoms with van der Waals surface area (Å²) in [6, 6.07) is -0.484. The summed E-state index contributed by atoms with van der Waals surface area (Å²) in [7, 11) is -3.15. The molecule has 0 unspecified atom stereocenters. The molecular weight excluding hydrogens is 408 g/mol. The van der Waals surface area contributed by atoms with Gasteiger partial charge in [0.2, 0.25) is 5.91 Å². The van der Waals surface area contributed by atoms with Gasteiger partial charge in [-0.1, -0.05) is 77.8 Å². The first-order valence-corrected chi connectivity index (χ1v) is 19.2. The molecule has 0 aromatic carbocycles. The summed E-state index contributed by atoms with van der Waals surface area (Å²) < 4.78 is 5.41. The fourth-order valence-electron chi connectivity index (χ4n) is 5.91. The number of β-lactam (4-membered cyclic amide) rings is 1. The highest BCUT2D eigenvalue weighted by Gasteiger charge is 2.61. The molecule has 2 rings (SSSR count). The van der Waals surface area contributed by atoms with Crippen molar-refractivity contribution in [2.75, 3.05) is 6.61 Å². The second-order valence-corrected chi connectivity index (χ2v) is 23.3. The molecular formula is C23H46N2O3Si2. The van der Waals surface area contributed by atoms with Gasteiger partial charge in [-0.25, -0.2) is 4.79 Å². The van der Waals surface area contributed by atoms with Gasteiger partial charge in [0.05, 0.1) is 28.3 Å². The number of hydrogen-bond acceptors (Lipinski definition) is 3. The topological polar surface area (TPSA) is 58.6 Å². The number of unbranched alkanes of at least 4 members (excludes halogenated alkanes) is 1. The smallest absolute Gasteiger partial charge is 0.407 e. The summed E-state index contributed by atoms with van der Waals surface area (Å²) in [6.45, 7) is 18.7. The van der Waals surface area contributed by atoms with E-state index >= 15 is 0 Å². The van der Waals surface area contributed by atoms with Crippen LogP contribution in [0.25, 0.3) is 0 Å². The molecule has 1 aliphatic carbocycles. The second-order valence-electron chi connectivity index (χ2n) is 12.2. The summed E-state index contributed by atoms with van der Waals surface area (Å²) in [5, 5.41) is 3.21. The molecule has 174 valence electrons. The SMILES string of the molecule is CC1(C)[C@@H](NC(=O)OCCCCC2CCCCC2)C(=O)N1C([Si](C)(C)C)[Si](C)(C)C. The van der Waals surface area contributed by atoms with Gasteiger partial charge in [-0.3, -0.25) is 4.79 Å². The van der Waals surface area contributed by atoms with Crippen molar-refractivity contribution in [3.8, 4) is 0 Å². The summed E-state index contributed by atoms with van der Waals surface area (Å²) in [4.78, 5) is 27.5. The molecule has 2 amide bonds. The van der Waals surface area contributed by atoms with Crippen LogP contribution in [0, 0.1) is 5.92 Å². The highest BCUT2D eigenvalue weighted by molar-refractivity contribution is 6.96. The monoisotopic (exact) mass is 454 g/mol. The van der Waals surface area contributed by atoms with Crippen molar-refractivity contribution in [3.63, 3.8) is 0 Å². The Balaban J connectivity index is 1.81. The van der Waals surface area contributed by atoms with E-state index in [-0.39, 0.29) is 11.4 Å². The van der Waals surface area contributed by atoms with Crippen LogP contribution in [0.3, 0.4) is 0 Å². The Bertz CT molecular complexity index is 591. The molecule has 1 heterocycles. The molecule has 1 aliphatic heterocycles. The lowest BCUT2D eigenvalue weighted by Gasteiger charge is -2.62. The number of ether oxygens (including phenoxy) is 1. The van der Waals surface area contributed by atoms with E-state index in [1.165, 1.54) is 38.5 Å². The van der Waals surface area contributed by atoms with Crippen LogP contribution in [-0.2, 0) is 9.53 Å². The maximum absolute atomic E-state index is 13.1. The molecule has 0 radical (unpaired) electrons. The van der Waals surface area contributed by atoms with E-state index in [0.717, 1.165) is 18.8 Å². The van der Waals surface area contributed by atoms with Crippen molar-refractivity contribution in [2.45, 2.75) is 121 Å². The van der Waals surface area contributed by atoms with Crippen LogP contribution in [-0.4, -0.2) is 56.5 Å². The molecule has 0 spiro atoms. The van der Waals surface area contributed by atoms with Crippen molar-refractivity contribution in [2.24, 2.45) is 5.92 Å². The van der Waals surface area contributed by atoms with Crippen LogP contribution in [0.2, 0.25) is 39.3 Å². The van der Waals surface area contributed by atoms with E-state index in [0.29, 0.717) is 11.9 Å². The number of likely N-dealkylation sites (tertiary alicyclic amines) is 1. The van der Waals surface area contributed by atoms with Crippen LogP contribution in [0.4, 0.5) is 4.79 Å². The van der Waals surface area contributed by atoms with Crippen LogP contribution in [0.15, 0.2) is 0 Å². The van der Waals surface area contributed by atoms with Crippen molar-refractivity contribution in [1.82, 2.24) is 10.2 Å². The summed E-state index contributed by atoms with van der Waals surface area (Å²) in [5.74, 6) is 0.932. The Kier molecular flexibility index (Phi) is 8.27. The van der Waals surface area contributed by atoms with Crippen molar-refractivity contribution in [1.29, 1.82) is 0 Å². The average Bonchev–Trinajstić information content (AvgIpc) is 2.62. The Hall–Kier alpha value is -0.826. The van der Waals surface area contributed by atoms with Crippen LogP contribution in [0.5, 0.6) is 0 Å². The minimum Gasteiger partial charge on any atom is -0.450 e. The minimum absolute atomic E-state index is 0.0594. The number of alkyl carbamates (subject to hydrolysis) is 1. The van der Waals surface area contributed by atoms with E-state index in [2.05, 4.69) is 63.3 Å². The number of nitrogens with zero attached hydrogens (tertiary/aromatic N) is 1. The largest absolute Gasteiger partial charge is 0.450 e. The van der Waals surface area contributed by atoms with Crippen molar-refractivity contribution < 1.29 is 14.3 Å². The van der Waals surface area contributed by atoms with Gasteiger partial charge in [-0.05, 0) is 32.6 Å². The van der Waals surface area contributed by atoms with E-state index in [4.69, 9.17) is 4.74 Å². The highest BCUT2D eigenvalue weighted by Crippen LogP contribution is 2.39. The number of carbonyl (C=O) groups excluding carboxylic acids is 2. The lowest BCUT2D eigenvalue weighted by molar-refractivity contribution is -0.159. The number of rotatable bonds is 9. The number of carbonyl (C=O) groups is 2. The fraction of sp³-hybridized carbons (Fsp3) is 0.913. The van der Waals surface area contributed by atoms with Crippen molar-refractivity contribution >= 4 is 28.1 Å². The predicted molar refractivity (Wildman–Crippen MR) is 130 cm³/mol. The maximum atomic E-state index is 13.1. The van der Waals surface area contributed by atoms with Crippen LogP contribution >= 0.6 is 0 Å². The third-order valence-corrected chi connectivity index (χ3v) is 15.9. The lowest BCUT2D eigenvalue weighted by atomic mass is 9.83. The summed E-state index contributed by atoms with van der Waals surface area (Å²) in [5.41, 5.74) is -0.373. The Morgan fingerprint density at radius 2 is 1.63 bits per heavy atom. The molecule has 0 bridgehead atoms. The first kappa shape index (κ1) is 25.4. The van der Waals surface area contributed by atoms with Gasteiger partial charge in [0.25, 0.3) is 0 Å². The predicted octanol–water partition coefficient (Wildman–Crippen LogP) is 5.58. The molecule has 1 saturated heterocycles. The van der Waals surface area contributed by atoms with E-state index < -0.39 is 28.3 Å². The average molecular weight is 455 g/mol. The summed E-state index contributed by atoms with van der Waals surface area (Å²) >= 11 is 0. The number of hydrogen-bond donors (Lipinski definition) is 1. The minimum atomic E-state index is -1.58. The van der Waals surface area contributed by atoms with Gasteiger partial charge >= 0.3 is 6.09 Å². The molecule has 5 nitrogen and oxygen atoms in total. The lowest BCUT2D eigenvalue weighted by Crippen LogP contribution is -2.84. The third-order valence-electron chi connectivity index (χ3n) is 6.94. The number of nitrogens with one attached hydrogen (secondary N) is 1. The van der Waals surface area contributed by atoms with E-state index in [1.807, 2.05) is 0 Å². The highest BCUT2D eigenvalue weighted by atomic mass is 28.4. The molecule has 2 fully saturated rings. The first-order valence-electron chi connectivity index (χ1n) is 12.0. The van der Waals surface area contributed by atoms with E-state index in [9.17, 15) is 9.59 Å². The quantitative estimate of drug-likeness (QED) is 0.281. The van der Waals surface area contributed by atoms with Gasteiger partial charge < -0.3 is 15.0 Å². The van der Waals surface area contributed by atoms with Gasteiger partial charge in [-0.2, -0.15) is 0 Å². The second kappa shape index (κ2) is 9.76. The van der Waals surface area contributed by atoms with E-state index in [1.54, 1.807) is 0 Å². The Morgan fingerprint density at radius 3 is 2.13 bits per heavy atom. The maximum Gasteiger partial charge on any atom is 0.407 e. The molecule has 1 saturated carbocycles. The third kappa shape index (κ3) is 6.12. The standard InChI is InChI=1S/C23H46N2O3Si2/c1-23(2)19(20(26)25(23)22(29(3,4)5)30(6,7)8)24-21(27)28-17-13-12-16-18-14-10-9-11-15-18/h18-19,22H,9-17H2,1-8H3,(H,24,27)/t19-/m0/s1. The number of amides is 2. The molecule has 2 aliphatic rings. The Labute approximate surface area is 186 Å². The van der Waals surface area contributed by atoms with Crippen LogP contribution < -0.4 is 5.32 Å². The zero-order chi connectivity index (χ0) is 22.7. The molecule has 1 atom stereocenters. The molecule has 7 heteroatoms. The van der Waals surface area contributed by atoms with Crippen molar-refractivity contribution in [3.05, 3.63) is 0 Å². The summed E-state index contributed by atoms with van der Waals surface area (Å²) in [6.07, 6.45) is 9.71. The van der Waals surface area contributed by atoms with Crippen LogP contribution in [0.1, 0.15) is 65.2 Å². The molecule has 30 heavy (non-hydrogen) atoms. The zero-order valence-electron chi connectivity index (χ0n) is 20.8.